The fourth-order valence-corrected chi connectivity index (χ4v) is 2.59. The topological polar surface area (TPSA) is 57.5 Å². The third kappa shape index (κ3) is 4.98. The molecule has 0 unspecified atom stereocenters. The number of allylic oxidation sites excluding steroid dienone is 1. The van der Waals surface area contributed by atoms with Gasteiger partial charge in [-0.25, -0.2) is 0 Å². The summed E-state index contributed by atoms with van der Waals surface area (Å²) in [6.45, 7) is 2.15. The van der Waals surface area contributed by atoms with Gasteiger partial charge in [-0.1, -0.05) is 62.6 Å². The highest BCUT2D eigenvalue weighted by molar-refractivity contribution is 6.08. The summed E-state index contributed by atoms with van der Waals surface area (Å²) in [5, 5.41) is 20.0. The molecule has 2 N–H and O–H groups in total. The first-order valence-electron chi connectivity index (χ1n) is 8.44. The van der Waals surface area contributed by atoms with Crippen molar-refractivity contribution in [3.05, 3.63) is 65.2 Å². The van der Waals surface area contributed by atoms with Crippen LogP contribution in [0.4, 0.5) is 0 Å². The fraction of sp³-hybridized carbons (Fsp3) is 0.286. The smallest absolute Gasteiger partial charge is 0.189 e. The molecule has 24 heavy (non-hydrogen) atoms. The molecule has 0 bridgehead atoms. The lowest BCUT2D eigenvalue weighted by Crippen LogP contribution is -1.98. The molecule has 126 valence electrons. The van der Waals surface area contributed by atoms with E-state index in [-0.39, 0.29) is 22.8 Å². The molecule has 0 heterocycles. The van der Waals surface area contributed by atoms with E-state index < -0.39 is 0 Å². The van der Waals surface area contributed by atoms with Crippen LogP contribution in [0.3, 0.4) is 0 Å². The predicted octanol–water partition coefficient (Wildman–Crippen LogP) is 5.12. The minimum Gasteiger partial charge on any atom is -0.508 e. The molecule has 2 aromatic rings. The zero-order valence-corrected chi connectivity index (χ0v) is 14.0. The number of aryl methyl sites for hydroxylation is 1. The number of phenols is 2. The molecule has 0 atom stereocenters. The van der Waals surface area contributed by atoms with Gasteiger partial charge in [0.1, 0.15) is 11.5 Å². The van der Waals surface area contributed by atoms with Gasteiger partial charge in [0.15, 0.2) is 5.78 Å². The summed E-state index contributed by atoms with van der Waals surface area (Å²) < 4.78 is 0. The molecule has 0 radical (unpaired) electrons. The van der Waals surface area contributed by atoms with Crippen molar-refractivity contribution in [1.82, 2.24) is 0 Å². The number of ketones is 1. The van der Waals surface area contributed by atoms with Crippen molar-refractivity contribution in [2.75, 3.05) is 0 Å². The molecule has 2 aromatic carbocycles. The average Bonchev–Trinajstić information content (AvgIpc) is 2.59. The van der Waals surface area contributed by atoms with Gasteiger partial charge in [-0.05, 0) is 36.1 Å². The van der Waals surface area contributed by atoms with Crippen LogP contribution >= 0.6 is 0 Å². The standard InChI is InChI=1S/C21H24O3/c1-2-3-4-8-11-17-14-18(21(24)15-20(17)23)19(22)13-12-16-9-6-5-7-10-16/h5-7,9-10,12-15,23-24H,2-4,8,11H2,1H3. The van der Waals surface area contributed by atoms with Gasteiger partial charge in [-0.3, -0.25) is 4.79 Å². The second kappa shape index (κ2) is 8.92. The molecule has 0 saturated heterocycles. The Morgan fingerprint density at radius 2 is 1.75 bits per heavy atom. The molecule has 0 fully saturated rings. The van der Waals surface area contributed by atoms with Crippen molar-refractivity contribution >= 4 is 11.9 Å². The maximum absolute atomic E-state index is 12.4. The number of carbonyl (C=O) groups excluding carboxylic acids is 1. The molecule has 0 amide bonds. The minimum atomic E-state index is -0.272. The number of phenolic OH excluding ortho intramolecular Hbond substituents is 2. The Kier molecular flexibility index (Phi) is 6.62. The highest BCUT2D eigenvalue weighted by Gasteiger charge is 2.13. The van der Waals surface area contributed by atoms with Crippen molar-refractivity contribution in [3.63, 3.8) is 0 Å². The summed E-state index contributed by atoms with van der Waals surface area (Å²) in [5.74, 6) is -0.411. The summed E-state index contributed by atoms with van der Waals surface area (Å²) >= 11 is 0. The number of aromatic hydroxyl groups is 2. The number of rotatable bonds is 8. The van der Waals surface area contributed by atoms with Crippen molar-refractivity contribution in [2.24, 2.45) is 0 Å². The summed E-state index contributed by atoms with van der Waals surface area (Å²) in [5.41, 5.74) is 1.86. The van der Waals surface area contributed by atoms with Gasteiger partial charge in [0.2, 0.25) is 0 Å². The largest absolute Gasteiger partial charge is 0.508 e. The predicted molar refractivity (Wildman–Crippen MR) is 97.4 cm³/mol. The number of hydrogen-bond acceptors (Lipinski definition) is 3. The SMILES string of the molecule is CCCCCCc1cc(C(=O)C=Cc2ccccc2)c(O)cc1O. The van der Waals surface area contributed by atoms with Gasteiger partial charge < -0.3 is 10.2 Å². The first-order chi connectivity index (χ1) is 11.6. The average molecular weight is 324 g/mol. The molecule has 0 aliphatic heterocycles. The molecule has 3 heteroatoms. The van der Waals surface area contributed by atoms with E-state index in [1.165, 1.54) is 12.1 Å². The third-order valence-corrected chi connectivity index (χ3v) is 3.99. The van der Waals surface area contributed by atoms with E-state index in [1.54, 1.807) is 12.1 Å². The molecule has 3 nitrogen and oxygen atoms in total. The molecule has 0 aliphatic carbocycles. The van der Waals surface area contributed by atoms with E-state index in [0.29, 0.717) is 12.0 Å². The van der Waals surface area contributed by atoms with E-state index >= 15 is 0 Å². The lowest BCUT2D eigenvalue weighted by atomic mass is 9.99. The number of hydrogen-bond donors (Lipinski definition) is 2. The van der Waals surface area contributed by atoms with Crippen LogP contribution in [0, 0.1) is 0 Å². The summed E-state index contributed by atoms with van der Waals surface area (Å²) in [4.78, 5) is 12.4. The Morgan fingerprint density at radius 3 is 2.46 bits per heavy atom. The van der Waals surface area contributed by atoms with Crippen LogP contribution in [0.25, 0.3) is 6.08 Å². The number of benzene rings is 2. The Morgan fingerprint density at radius 1 is 1.00 bits per heavy atom. The second-order valence-electron chi connectivity index (χ2n) is 5.92. The maximum Gasteiger partial charge on any atom is 0.189 e. The third-order valence-electron chi connectivity index (χ3n) is 3.99. The van der Waals surface area contributed by atoms with Gasteiger partial charge in [-0.15, -0.1) is 0 Å². The van der Waals surface area contributed by atoms with Crippen LogP contribution in [-0.2, 0) is 6.42 Å². The molecular weight excluding hydrogens is 300 g/mol. The van der Waals surface area contributed by atoms with E-state index in [0.717, 1.165) is 31.2 Å². The van der Waals surface area contributed by atoms with Crippen LogP contribution in [0.2, 0.25) is 0 Å². The van der Waals surface area contributed by atoms with Crippen LogP contribution in [0.1, 0.15) is 54.1 Å². The lowest BCUT2D eigenvalue weighted by molar-refractivity contribution is 0.104. The summed E-state index contributed by atoms with van der Waals surface area (Å²) in [7, 11) is 0. The van der Waals surface area contributed by atoms with Gasteiger partial charge in [-0.2, -0.15) is 0 Å². The lowest BCUT2D eigenvalue weighted by Gasteiger charge is -2.08. The van der Waals surface area contributed by atoms with E-state index in [9.17, 15) is 15.0 Å². The zero-order chi connectivity index (χ0) is 17.4. The highest BCUT2D eigenvalue weighted by Crippen LogP contribution is 2.29. The van der Waals surface area contributed by atoms with Crippen molar-refractivity contribution in [2.45, 2.75) is 39.0 Å². The van der Waals surface area contributed by atoms with E-state index in [4.69, 9.17) is 0 Å². The van der Waals surface area contributed by atoms with Gasteiger partial charge in [0.05, 0.1) is 5.56 Å². The first-order valence-corrected chi connectivity index (χ1v) is 8.44. The fourth-order valence-electron chi connectivity index (χ4n) is 2.59. The Labute approximate surface area is 143 Å². The summed E-state index contributed by atoms with van der Waals surface area (Å²) in [6.07, 6.45) is 8.22. The molecule has 0 aromatic heterocycles. The summed E-state index contributed by atoms with van der Waals surface area (Å²) in [6, 6.07) is 12.4. The zero-order valence-electron chi connectivity index (χ0n) is 14.0. The van der Waals surface area contributed by atoms with Crippen LogP contribution in [-0.4, -0.2) is 16.0 Å². The van der Waals surface area contributed by atoms with E-state index in [2.05, 4.69) is 6.92 Å². The number of carbonyl (C=O) groups is 1. The molecule has 0 saturated carbocycles. The normalized spacial score (nSPS) is 11.0. The van der Waals surface area contributed by atoms with Gasteiger partial charge in [0, 0.05) is 6.07 Å². The Bertz CT molecular complexity index is 703. The van der Waals surface area contributed by atoms with Crippen LogP contribution in [0.15, 0.2) is 48.5 Å². The molecule has 0 aliphatic rings. The van der Waals surface area contributed by atoms with Crippen molar-refractivity contribution in [1.29, 1.82) is 0 Å². The minimum absolute atomic E-state index is 0.0487. The molecule has 0 spiro atoms. The second-order valence-corrected chi connectivity index (χ2v) is 5.92. The van der Waals surface area contributed by atoms with Crippen molar-refractivity contribution < 1.29 is 15.0 Å². The maximum atomic E-state index is 12.4. The molecular formula is C21H24O3. The first kappa shape index (κ1) is 17.8. The van der Waals surface area contributed by atoms with Gasteiger partial charge >= 0.3 is 0 Å². The van der Waals surface area contributed by atoms with Crippen molar-refractivity contribution in [3.8, 4) is 11.5 Å². The quantitative estimate of drug-likeness (QED) is 0.403. The van der Waals surface area contributed by atoms with E-state index in [1.807, 2.05) is 30.3 Å². The van der Waals surface area contributed by atoms with Crippen LogP contribution < -0.4 is 0 Å². The Hall–Kier alpha value is -2.55. The number of unbranched alkanes of at least 4 members (excludes halogenated alkanes) is 3. The monoisotopic (exact) mass is 324 g/mol. The Balaban J connectivity index is 2.13. The highest BCUT2D eigenvalue weighted by atomic mass is 16.3. The molecule has 2 rings (SSSR count). The van der Waals surface area contributed by atoms with Crippen LogP contribution in [0.5, 0.6) is 11.5 Å². The van der Waals surface area contributed by atoms with Gasteiger partial charge in [0.25, 0.3) is 0 Å².